The quantitative estimate of drug-likeness (QED) is 0.421. The molecule has 0 radical (unpaired) electrons. The summed E-state index contributed by atoms with van der Waals surface area (Å²) in [6.45, 7) is 4.17. The maximum Gasteiger partial charge on any atom is 0.469 e. The lowest BCUT2D eigenvalue weighted by molar-refractivity contribution is 0.0127. The van der Waals surface area contributed by atoms with Gasteiger partial charge in [0.05, 0.1) is 22.8 Å². The van der Waals surface area contributed by atoms with E-state index in [0.29, 0.717) is 25.1 Å². The van der Waals surface area contributed by atoms with Crippen molar-refractivity contribution >= 4 is 31.5 Å². The first-order valence-corrected chi connectivity index (χ1v) is 14.8. The van der Waals surface area contributed by atoms with Crippen molar-refractivity contribution in [2.24, 2.45) is 7.05 Å². The van der Waals surface area contributed by atoms with Crippen molar-refractivity contribution in [3.8, 4) is 17.1 Å². The summed E-state index contributed by atoms with van der Waals surface area (Å²) in [5.74, 6) is -0.0824. The highest BCUT2D eigenvalue weighted by Crippen LogP contribution is 2.35. The summed E-state index contributed by atoms with van der Waals surface area (Å²) in [4.78, 5) is 18.9. The molecule has 3 aromatic rings. The van der Waals surface area contributed by atoms with Crippen LogP contribution in [0.4, 0.5) is 0 Å². The Morgan fingerprint density at radius 2 is 1.87 bits per heavy atom. The first-order chi connectivity index (χ1) is 18.0. The molecule has 1 aromatic carbocycles. The van der Waals surface area contributed by atoms with Crippen molar-refractivity contribution in [2.75, 3.05) is 33.3 Å². The van der Waals surface area contributed by atoms with Gasteiger partial charge in [-0.1, -0.05) is 13.3 Å². The van der Waals surface area contributed by atoms with Crippen LogP contribution in [-0.2, 0) is 38.1 Å². The fraction of sp³-hybridized carbons (Fsp3) is 0.500. The zero-order valence-electron chi connectivity index (χ0n) is 21.3. The van der Waals surface area contributed by atoms with E-state index in [4.69, 9.17) is 13.2 Å². The van der Waals surface area contributed by atoms with Crippen LogP contribution in [0, 0.1) is 0 Å². The zero-order chi connectivity index (χ0) is 27.4. The number of rotatable bonds is 4. The smallest absolute Gasteiger partial charge is 0.469 e. The minimum atomic E-state index is -4.90. The molecular weight excluding hydrogens is 540 g/mol. The third-order valence-corrected chi connectivity index (χ3v) is 9.04. The molecule has 0 amide bonds. The van der Waals surface area contributed by atoms with Crippen LogP contribution in [-0.4, -0.2) is 85.1 Å². The Hall–Kier alpha value is -3.05. The van der Waals surface area contributed by atoms with E-state index in [1.807, 2.05) is 6.92 Å². The third kappa shape index (κ3) is 4.45. The number of likely N-dealkylation sites (N-methyl/N-ethyl adjacent to an activating group) is 1. The molecule has 2 aliphatic heterocycles. The number of piperazine rings is 1. The monoisotopic (exact) mass is 568 g/mol. The Labute approximate surface area is 219 Å². The lowest BCUT2D eigenvalue weighted by Gasteiger charge is -2.37. The number of sulfonamides is 1. The van der Waals surface area contributed by atoms with Gasteiger partial charge in [0.15, 0.2) is 17.6 Å². The van der Waals surface area contributed by atoms with E-state index in [-0.39, 0.29) is 52.8 Å². The Balaban J connectivity index is 1.90. The van der Waals surface area contributed by atoms with Crippen molar-refractivity contribution < 1.29 is 30.0 Å². The highest BCUT2D eigenvalue weighted by molar-refractivity contribution is 7.89. The van der Waals surface area contributed by atoms with Gasteiger partial charge in [-0.3, -0.25) is 13.8 Å². The third-order valence-electron chi connectivity index (χ3n) is 6.37. The van der Waals surface area contributed by atoms with Crippen molar-refractivity contribution in [2.45, 2.75) is 37.8 Å². The molecule has 2 bridgehead atoms. The number of nitrogens with zero attached hydrogens (tertiary/aromatic N) is 6. The molecule has 206 valence electrons. The highest BCUT2D eigenvalue weighted by atomic mass is 32.3. The summed E-state index contributed by atoms with van der Waals surface area (Å²) in [6.07, 6.45) is -0.354. The standard InChI is InChI=1S/C22H28N6O8S2/c1-5-7-16-19-20(26(4)24-16)22(29)23-21-15-12-14(8-9-17(15)34-6-2)37(30,31)27-11-10-25(3)13-18(27)35-38(32,33)36-28(19)21/h8-9,12,18H,5-7,10-11,13H2,1-4H3. The van der Waals surface area contributed by atoms with E-state index in [1.165, 1.54) is 22.9 Å². The first-order valence-electron chi connectivity index (χ1n) is 12.1. The normalized spacial score (nSPS) is 21.2. The second-order valence-corrected chi connectivity index (χ2v) is 12.1. The number of hydrogen-bond donors (Lipinski definition) is 0. The average Bonchev–Trinajstić information content (AvgIpc) is 3.16. The molecule has 5 rings (SSSR count). The molecule has 0 aliphatic carbocycles. The van der Waals surface area contributed by atoms with Crippen molar-refractivity contribution in [1.29, 1.82) is 0 Å². The molecule has 2 aliphatic rings. The summed E-state index contributed by atoms with van der Waals surface area (Å²) < 4.78 is 73.8. The fourth-order valence-corrected chi connectivity index (χ4v) is 7.06. The Morgan fingerprint density at radius 1 is 1.11 bits per heavy atom. The summed E-state index contributed by atoms with van der Waals surface area (Å²) >= 11 is 0. The van der Waals surface area contributed by atoms with E-state index in [1.54, 1.807) is 25.9 Å². The molecule has 0 spiro atoms. The largest absolute Gasteiger partial charge is 0.493 e. The molecule has 0 N–H and O–H groups in total. The number of benzene rings is 1. The van der Waals surface area contributed by atoms with Gasteiger partial charge in [0.1, 0.15) is 11.3 Å². The van der Waals surface area contributed by atoms with Crippen LogP contribution in [0.2, 0.25) is 0 Å². The molecular formula is C22H28N6O8S2. The second-order valence-electron chi connectivity index (χ2n) is 9.06. The molecule has 1 fully saturated rings. The van der Waals surface area contributed by atoms with Crippen LogP contribution in [0.15, 0.2) is 27.9 Å². The number of aromatic nitrogens is 4. The number of hydrogen-bond acceptors (Lipinski definition) is 11. The Bertz CT molecular complexity index is 1680. The van der Waals surface area contributed by atoms with E-state index in [2.05, 4.69) is 10.1 Å². The van der Waals surface area contributed by atoms with Crippen LogP contribution in [0.3, 0.4) is 0 Å². The van der Waals surface area contributed by atoms with Crippen LogP contribution >= 0.6 is 0 Å². The van der Waals surface area contributed by atoms with Gasteiger partial charge >= 0.3 is 10.4 Å². The zero-order valence-corrected chi connectivity index (χ0v) is 23.0. The molecule has 1 atom stereocenters. The molecule has 16 heteroatoms. The number of aryl methyl sites for hydroxylation is 2. The predicted molar refractivity (Wildman–Crippen MR) is 135 cm³/mol. The minimum Gasteiger partial charge on any atom is -0.493 e. The number of ether oxygens (including phenoxy) is 1. The van der Waals surface area contributed by atoms with Gasteiger partial charge in [0.2, 0.25) is 10.0 Å². The lowest BCUT2D eigenvalue weighted by atomic mass is 10.1. The van der Waals surface area contributed by atoms with Crippen LogP contribution in [0.5, 0.6) is 5.75 Å². The fourth-order valence-electron chi connectivity index (χ4n) is 4.69. The minimum absolute atomic E-state index is 0.0158. The van der Waals surface area contributed by atoms with E-state index in [0.717, 1.165) is 9.04 Å². The Kier molecular flexibility index (Phi) is 6.71. The van der Waals surface area contributed by atoms with Gasteiger partial charge < -0.3 is 9.64 Å². The summed E-state index contributed by atoms with van der Waals surface area (Å²) in [5.41, 5.74) is -0.139. The Morgan fingerprint density at radius 3 is 2.58 bits per heavy atom. The van der Waals surface area contributed by atoms with E-state index >= 15 is 0 Å². The van der Waals surface area contributed by atoms with Gasteiger partial charge in [-0.25, -0.2) is 12.6 Å². The van der Waals surface area contributed by atoms with Crippen LogP contribution in [0.25, 0.3) is 22.4 Å². The summed E-state index contributed by atoms with van der Waals surface area (Å²) in [7, 11) is -5.87. The van der Waals surface area contributed by atoms with E-state index < -0.39 is 32.2 Å². The molecule has 1 saturated heterocycles. The maximum atomic E-state index is 13.7. The van der Waals surface area contributed by atoms with Gasteiger partial charge in [-0.2, -0.15) is 22.8 Å². The molecule has 0 saturated carbocycles. The van der Waals surface area contributed by atoms with E-state index in [9.17, 15) is 21.6 Å². The topological polar surface area (TPSA) is 155 Å². The predicted octanol–water partition coefficient (Wildman–Crippen LogP) is 0.114. The molecule has 2 aromatic heterocycles. The van der Waals surface area contributed by atoms with Crippen LogP contribution in [0.1, 0.15) is 26.0 Å². The van der Waals surface area contributed by atoms with Gasteiger partial charge in [-0.15, -0.1) is 4.73 Å². The van der Waals surface area contributed by atoms with Gasteiger partial charge in [0.25, 0.3) is 5.56 Å². The SMILES string of the molecule is CCCc1nn(C)c2c(=O)nc3n(c12)OS(=O)(=O)OC1CN(C)CCN1S(=O)(=O)c1ccc(OCC)c-3c1. The van der Waals surface area contributed by atoms with Crippen molar-refractivity contribution in [1.82, 2.24) is 28.7 Å². The van der Waals surface area contributed by atoms with Crippen molar-refractivity contribution in [3.05, 3.63) is 34.2 Å². The summed E-state index contributed by atoms with van der Waals surface area (Å²) in [5, 5.41) is 4.40. The molecule has 38 heavy (non-hydrogen) atoms. The van der Waals surface area contributed by atoms with Crippen molar-refractivity contribution in [3.63, 3.8) is 0 Å². The van der Waals surface area contributed by atoms with Gasteiger partial charge in [-0.05, 0) is 38.6 Å². The second kappa shape index (κ2) is 9.60. The summed E-state index contributed by atoms with van der Waals surface area (Å²) in [6, 6.07) is 4.11. The van der Waals surface area contributed by atoms with Crippen LogP contribution < -0.4 is 14.6 Å². The highest BCUT2D eigenvalue weighted by Gasteiger charge is 2.41. The average molecular weight is 569 g/mol. The first kappa shape index (κ1) is 26.6. The number of fused-ring (bicyclic) bond motifs is 7. The molecule has 14 nitrogen and oxygen atoms in total. The lowest BCUT2D eigenvalue weighted by Crippen LogP contribution is -2.55. The van der Waals surface area contributed by atoms with Gasteiger partial charge in [0, 0.05) is 26.7 Å². The molecule has 1 unspecified atom stereocenters. The molecule has 4 heterocycles. The maximum absolute atomic E-state index is 13.7.